The smallest absolute Gasteiger partial charge is 0.314 e. The van der Waals surface area contributed by atoms with Crippen molar-refractivity contribution in [2.45, 2.75) is 0 Å². The van der Waals surface area contributed by atoms with Crippen LogP contribution in [-0.4, -0.2) is 115 Å². The molecule has 53 heavy (non-hydrogen) atoms. The number of fused-ring (bicyclic) bond motifs is 2. The van der Waals surface area contributed by atoms with Crippen LogP contribution in [0, 0.1) is 0 Å². The Morgan fingerprint density at radius 2 is 1.26 bits per heavy atom. The van der Waals surface area contributed by atoms with Gasteiger partial charge >= 0.3 is 24.1 Å². The van der Waals surface area contributed by atoms with Gasteiger partial charge in [0.25, 0.3) is 0 Å². The number of nitrogens with one attached hydrogen (secondary N) is 8. The number of carbonyl (C=O) groups excluding carboxylic acids is 5. The first-order valence-corrected chi connectivity index (χ1v) is 16.9. The van der Waals surface area contributed by atoms with Crippen LogP contribution in [0.3, 0.4) is 0 Å². The molecule has 0 unspecified atom stereocenters. The molecule has 8 amide bonds. The molecule has 0 saturated heterocycles. The molecule has 8 N–H and O–H groups in total. The van der Waals surface area contributed by atoms with Gasteiger partial charge in [0.1, 0.15) is 11.3 Å². The van der Waals surface area contributed by atoms with Gasteiger partial charge in [-0.25, -0.2) is 23.8 Å². The molecule has 2 aliphatic rings. The summed E-state index contributed by atoms with van der Waals surface area (Å²) in [5, 5.41) is 34.8. The number of nitrogens with zero attached hydrogens (tertiary/aromatic N) is 2. The molecule has 1 aliphatic carbocycles. The first-order valence-electron chi connectivity index (χ1n) is 16.9. The lowest BCUT2D eigenvalue weighted by molar-refractivity contribution is -0.433. The second kappa shape index (κ2) is 19.1. The molecule has 17 nitrogen and oxygen atoms in total. The summed E-state index contributed by atoms with van der Waals surface area (Å²) in [4.78, 5) is 59.9. The number of hydrogen-bond donors (Lipinski definition) is 8. The van der Waals surface area contributed by atoms with Crippen LogP contribution in [0.25, 0.3) is 33.4 Å². The van der Waals surface area contributed by atoms with Gasteiger partial charge in [0.2, 0.25) is 11.0 Å². The highest BCUT2D eigenvalue weighted by Crippen LogP contribution is 2.41. The quantitative estimate of drug-likeness (QED) is 0.0494. The minimum atomic E-state index is -1.33. The Morgan fingerprint density at radius 3 is 1.87 bits per heavy atom. The Bertz CT molecular complexity index is 2020. The molecule has 0 spiro atoms. The van der Waals surface area contributed by atoms with Crippen LogP contribution < -0.4 is 57.6 Å². The van der Waals surface area contributed by atoms with E-state index in [9.17, 15) is 29.1 Å². The molecule has 280 valence electrons. The van der Waals surface area contributed by atoms with Gasteiger partial charge in [0.05, 0.1) is 44.3 Å². The van der Waals surface area contributed by atoms with Gasteiger partial charge in [-0.05, 0) is 17.7 Å². The van der Waals surface area contributed by atoms with Crippen molar-refractivity contribution in [3.63, 3.8) is 0 Å². The third-order valence-electron chi connectivity index (χ3n) is 8.26. The fraction of sp³-hybridized carbons (Fsp3) is 0.306. The molecule has 1 heterocycles. The highest BCUT2D eigenvalue weighted by Gasteiger charge is 2.23. The van der Waals surface area contributed by atoms with E-state index in [-0.39, 0.29) is 42.8 Å². The van der Waals surface area contributed by atoms with E-state index in [1.807, 2.05) is 39.5 Å². The van der Waals surface area contributed by atoms with Gasteiger partial charge < -0.3 is 56.9 Å². The number of urea groups is 4. The monoisotopic (exact) mass is 729 g/mol. The molecule has 0 radical (unpaired) electrons. The zero-order valence-corrected chi connectivity index (χ0v) is 30.1. The van der Waals surface area contributed by atoms with Crippen molar-refractivity contribution in [2.24, 2.45) is 0 Å². The fourth-order valence-corrected chi connectivity index (χ4v) is 5.61. The number of carbonyl (C=O) groups is 5. The largest absolute Gasteiger partial charge is 0.545 e. The SMILES string of the molecule is CNC(=O)NCC=[N+](CCNC(=O)NC)c1ccc2c(-c3ccccc3C(=O)[O-])c3ccc(=[N+](CCNC(=O)NC)CCNC(=O)NC)cc-3oc2c1. The molecule has 1 aliphatic heterocycles. The van der Waals surface area contributed by atoms with Gasteiger partial charge in [-0.2, -0.15) is 4.58 Å². The van der Waals surface area contributed by atoms with Crippen LogP contribution in [0.15, 0.2) is 65.1 Å². The van der Waals surface area contributed by atoms with E-state index in [1.54, 1.807) is 30.5 Å². The van der Waals surface area contributed by atoms with Gasteiger partial charge in [0, 0.05) is 62.4 Å². The molecule has 2 aromatic rings. The van der Waals surface area contributed by atoms with E-state index in [0.29, 0.717) is 71.8 Å². The third-order valence-corrected chi connectivity index (χ3v) is 8.26. The lowest BCUT2D eigenvalue weighted by Gasteiger charge is -2.18. The number of carboxylic acids is 1. The van der Waals surface area contributed by atoms with E-state index < -0.39 is 5.97 Å². The molecule has 2 aromatic carbocycles. The average Bonchev–Trinajstić information content (AvgIpc) is 3.17. The van der Waals surface area contributed by atoms with E-state index >= 15 is 0 Å². The molecular formula is C36H45N10O7+. The molecule has 4 rings (SSSR count). The lowest BCUT2D eigenvalue weighted by Crippen LogP contribution is -2.44. The predicted molar refractivity (Wildman–Crippen MR) is 198 cm³/mol. The summed E-state index contributed by atoms with van der Waals surface area (Å²) >= 11 is 0. The second-order valence-corrected chi connectivity index (χ2v) is 11.5. The van der Waals surface area contributed by atoms with E-state index in [1.165, 1.54) is 34.3 Å². The van der Waals surface area contributed by atoms with Gasteiger partial charge in [-0.3, -0.25) is 0 Å². The van der Waals surface area contributed by atoms with Crippen molar-refractivity contribution in [1.82, 2.24) is 47.1 Å². The Hall–Kier alpha value is -6.65. The molecule has 0 aromatic heterocycles. The topological polar surface area (TPSA) is 224 Å². The van der Waals surface area contributed by atoms with Crippen molar-refractivity contribution in [3.8, 4) is 22.5 Å². The summed E-state index contributed by atoms with van der Waals surface area (Å²) in [5.74, 6) is -0.890. The minimum Gasteiger partial charge on any atom is -0.545 e. The van der Waals surface area contributed by atoms with Crippen LogP contribution >= 0.6 is 0 Å². The number of benzene rings is 3. The number of carboxylic acid groups (broad SMARTS) is 1. The van der Waals surface area contributed by atoms with Crippen molar-refractivity contribution in [2.75, 3.05) is 74.0 Å². The van der Waals surface area contributed by atoms with E-state index in [4.69, 9.17) is 4.42 Å². The molecule has 0 bridgehead atoms. The maximum absolute atomic E-state index is 12.3. The van der Waals surface area contributed by atoms with Crippen molar-refractivity contribution >= 4 is 53.0 Å². The Balaban J connectivity index is 1.94. The van der Waals surface area contributed by atoms with Gasteiger partial charge in [0.15, 0.2) is 25.8 Å². The molecule has 0 saturated carbocycles. The van der Waals surface area contributed by atoms with E-state index in [0.717, 1.165) is 5.36 Å². The molecule has 0 fully saturated rings. The van der Waals surface area contributed by atoms with Crippen molar-refractivity contribution in [1.29, 1.82) is 0 Å². The average molecular weight is 730 g/mol. The normalized spacial score (nSPS) is 11.0. The van der Waals surface area contributed by atoms with Crippen LogP contribution in [0.4, 0.5) is 24.9 Å². The summed E-state index contributed by atoms with van der Waals surface area (Å²) in [5.41, 5.74) is 2.81. The van der Waals surface area contributed by atoms with Crippen LogP contribution in [0.1, 0.15) is 10.4 Å². The fourth-order valence-electron chi connectivity index (χ4n) is 5.61. The van der Waals surface area contributed by atoms with E-state index in [2.05, 4.69) is 42.5 Å². The Morgan fingerprint density at radius 1 is 0.679 bits per heavy atom. The first-order chi connectivity index (χ1) is 25.6. The lowest BCUT2D eigenvalue weighted by atomic mass is 9.90. The number of aromatic carboxylic acids is 1. The Labute approximate surface area is 305 Å². The molecule has 17 heteroatoms. The van der Waals surface area contributed by atoms with Crippen LogP contribution in [0.5, 0.6) is 0 Å². The summed E-state index contributed by atoms with van der Waals surface area (Å²) in [6.07, 6.45) is 1.77. The second-order valence-electron chi connectivity index (χ2n) is 11.5. The number of amides is 8. The highest BCUT2D eigenvalue weighted by atomic mass is 16.4. The first kappa shape index (κ1) is 39.1. The van der Waals surface area contributed by atoms with Crippen LogP contribution in [0.2, 0.25) is 0 Å². The summed E-state index contributed by atoms with van der Waals surface area (Å²) in [7, 11) is 6.08. The standard InChI is InChI=1S/C36H44N10O7/c1-37-33(49)41-13-17-45(18-14-42-34(50)38-2)23-9-11-27-29(21-23)53-30-22-24(46(19-15-43-35(51)39-3)20-16-44-36(52)40-4)10-12-28(30)31(27)25-7-5-6-8-26(25)32(47)48/h5-12,17,21-22H,13-16,18-20H2,1-4H3,(H7-2,37,38,39,40,41,42,43,44,47,48,49,50,51,52)/p+1. The van der Waals surface area contributed by atoms with Crippen LogP contribution in [-0.2, 0) is 0 Å². The minimum absolute atomic E-state index is 0.00661. The summed E-state index contributed by atoms with van der Waals surface area (Å²) < 4.78 is 10.4. The highest BCUT2D eigenvalue weighted by molar-refractivity contribution is 6.07. The summed E-state index contributed by atoms with van der Waals surface area (Å²) in [6, 6.07) is 16.3. The van der Waals surface area contributed by atoms with Gasteiger partial charge in [-0.1, -0.05) is 24.3 Å². The molecular weight excluding hydrogens is 684 g/mol. The maximum Gasteiger partial charge on any atom is 0.314 e. The summed E-state index contributed by atoms with van der Waals surface area (Å²) in [6.45, 7) is 2.19. The zero-order chi connectivity index (χ0) is 38.3. The number of rotatable bonds is 14. The maximum atomic E-state index is 12.3. The van der Waals surface area contributed by atoms with Crippen molar-refractivity contribution < 1.29 is 38.1 Å². The predicted octanol–water partition coefficient (Wildman–Crippen LogP) is -0.229. The Kier molecular flexibility index (Phi) is 14.1. The molecule has 0 atom stereocenters. The van der Waals surface area contributed by atoms with Crippen molar-refractivity contribution in [3.05, 3.63) is 71.6 Å². The number of hydrogen-bond acceptors (Lipinski definition) is 7. The van der Waals surface area contributed by atoms with Gasteiger partial charge in [-0.15, -0.1) is 0 Å². The third kappa shape index (κ3) is 10.4. The zero-order valence-electron chi connectivity index (χ0n) is 30.1.